The van der Waals surface area contributed by atoms with E-state index in [9.17, 15) is 4.79 Å². The second-order valence-corrected chi connectivity index (χ2v) is 4.03. The molecule has 0 bridgehead atoms. The van der Waals surface area contributed by atoms with Crippen LogP contribution in [0.15, 0.2) is 22.6 Å². The Morgan fingerprint density at radius 2 is 2.00 bits per heavy atom. The first-order valence-electron chi connectivity index (χ1n) is 5.27. The third-order valence-corrected chi connectivity index (χ3v) is 2.57. The number of carbonyl (C=O) groups is 1. The Bertz CT molecular complexity index is 584. The van der Waals surface area contributed by atoms with Crippen molar-refractivity contribution in [3.63, 3.8) is 0 Å². The number of aromatic nitrogens is 1. The topological polar surface area (TPSA) is 63.3 Å². The normalized spacial score (nSPS) is 10.5. The lowest BCUT2D eigenvalue weighted by atomic mass is 10.0. The number of carboxylic acids is 1. The number of benzene rings is 1. The number of nitrogens with zero attached hydrogens (tertiary/aromatic N) is 1. The van der Waals surface area contributed by atoms with Gasteiger partial charge in [0.1, 0.15) is 0 Å². The Labute approximate surface area is 98.9 Å². The number of aryl methyl sites for hydroxylation is 3. The number of oxazole rings is 1. The van der Waals surface area contributed by atoms with E-state index in [1.54, 1.807) is 6.92 Å². The van der Waals surface area contributed by atoms with Gasteiger partial charge in [-0.3, -0.25) is 0 Å². The molecule has 2 rings (SSSR count). The van der Waals surface area contributed by atoms with Crippen LogP contribution < -0.4 is 0 Å². The van der Waals surface area contributed by atoms with Gasteiger partial charge >= 0.3 is 5.97 Å². The summed E-state index contributed by atoms with van der Waals surface area (Å²) in [5, 5.41) is 9.08. The van der Waals surface area contributed by atoms with Gasteiger partial charge in [-0.15, -0.1) is 0 Å². The van der Waals surface area contributed by atoms with Crippen LogP contribution in [0.2, 0.25) is 0 Å². The van der Waals surface area contributed by atoms with Crippen LogP contribution in [0, 0.1) is 20.8 Å². The molecule has 2 aromatic rings. The molecule has 17 heavy (non-hydrogen) atoms. The van der Waals surface area contributed by atoms with Gasteiger partial charge in [0.25, 0.3) is 0 Å². The molecular weight excluding hydrogens is 218 g/mol. The highest BCUT2D eigenvalue weighted by Gasteiger charge is 2.20. The summed E-state index contributed by atoms with van der Waals surface area (Å²) in [6.45, 7) is 5.51. The molecule has 0 saturated heterocycles. The summed E-state index contributed by atoms with van der Waals surface area (Å²) in [5.41, 5.74) is 2.77. The maximum Gasteiger partial charge on any atom is 0.358 e. The second kappa shape index (κ2) is 4.05. The predicted molar refractivity (Wildman–Crippen MR) is 63.1 cm³/mol. The molecule has 0 aliphatic rings. The SMILES string of the molecule is Cc1ccc(C)c(-c2oc(C)nc2C(=O)O)c1. The lowest BCUT2D eigenvalue weighted by molar-refractivity contribution is 0.0691. The van der Waals surface area contributed by atoms with Gasteiger partial charge < -0.3 is 9.52 Å². The summed E-state index contributed by atoms with van der Waals surface area (Å²) in [7, 11) is 0. The van der Waals surface area contributed by atoms with E-state index in [4.69, 9.17) is 9.52 Å². The molecule has 88 valence electrons. The molecule has 1 aromatic carbocycles. The van der Waals surface area contributed by atoms with Crippen molar-refractivity contribution < 1.29 is 14.3 Å². The Kier molecular flexibility index (Phi) is 2.71. The Hall–Kier alpha value is -2.10. The highest BCUT2D eigenvalue weighted by molar-refractivity contribution is 5.92. The van der Waals surface area contributed by atoms with Gasteiger partial charge in [-0.05, 0) is 25.5 Å². The fourth-order valence-electron chi connectivity index (χ4n) is 1.74. The molecule has 4 nitrogen and oxygen atoms in total. The van der Waals surface area contributed by atoms with E-state index in [1.165, 1.54) is 0 Å². The van der Waals surface area contributed by atoms with Crippen molar-refractivity contribution in [2.24, 2.45) is 0 Å². The van der Waals surface area contributed by atoms with Crippen molar-refractivity contribution in [1.82, 2.24) is 4.98 Å². The number of hydrogen-bond donors (Lipinski definition) is 1. The minimum atomic E-state index is -1.07. The quantitative estimate of drug-likeness (QED) is 0.863. The number of carboxylic acid groups (broad SMARTS) is 1. The predicted octanol–water partition coefficient (Wildman–Crippen LogP) is 2.97. The summed E-state index contributed by atoms with van der Waals surface area (Å²) in [4.78, 5) is 15.0. The van der Waals surface area contributed by atoms with Crippen LogP contribution in [-0.2, 0) is 0 Å². The Balaban J connectivity index is 2.67. The standard InChI is InChI=1S/C13H13NO3/c1-7-4-5-8(2)10(6-7)12-11(13(15)16)14-9(3)17-12/h4-6H,1-3H3,(H,15,16). The molecule has 0 amide bonds. The lowest BCUT2D eigenvalue weighted by Crippen LogP contribution is -1.99. The van der Waals surface area contributed by atoms with Crippen molar-refractivity contribution >= 4 is 5.97 Å². The minimum absolute atomic E-state index is 0.0313. The molecule has 4 heteroatoms. The molecule has 0 aliphatic carbocycles. The summed E-state index contributed by atoms with van der Waals surface area (Å²) in [6.07, 6.45) is 0. The van der Waals surface area contributed by atoms with Crippen LogP contribution >= 0.6 is 0 Å². The zero-order chi connectivity index (χ0) is 12.6. The third kappa shape index (κ3) is 2.06. The molecule has 0 atom stereocenters. The van der Waals surface area contributed by atoms with E-state index < -0.39 is 5.97 Å². The van der Waals surface area contributed by atoms with Crippen molar-refractivity contribution in [1.29, 1.82) is 0 Å². The van der Waals surface area contributed by atoms with Gasteiger partial charge in [0.15, 0.2) is 17.3 Å². The summed E-state index contributed by atoms with van der Waals surface area (Å²) in [5.74, 6) is -0.382. The Morgan fingerprint density at radius 3 is 2.65 bits per heavy atom. The van der Waals surface area contributed by atoms with Gasteiger partial charge in [-0.1, -0.05) is 17.7 Å². The van der Waals surface area contributed by atoms with E-state index in [1.807, 2.05) is 32.0 Å². The zero-order valence-electron chi connectivity index (χ0n) is 9.94. The molecule has 0 spiro atoms. The van der Waals surface area contributed by atoms with Gasteiger partial charge in [-0.25, -0.2) is 9.78 Å². The van der Waals surface area contributed by atoms with Gasteiger partial charge in [0.05, 0.1) is 0 Å². The second-order valence-electron chi connectivity index (χ2n) is 4.03. The maximum atomic E-state index is 11.1. The largest absolute Gasteiger partial charge is 0.476 e. The smallest absolute Gasteiger partial charge is 0.358 e. The van der Waals surface area contributed by atoms with Crippen molar-refractivity contribution in [3.05, 3.63) is 40.9 Å². The van der Waals surface area contributed by atoms with E-state index in [-0.39, 0.29) is 5.69 Å². The van der Waals surface area contributed by atoms with E-state index >= 15 is 0 Å². The molecule has 0 fully saturated rings. The van der Waals surface area contributed by atoms with Gasteiger partial charge in [-0.2, -0.15) is 0 Å². The number of hydrogen-bond acceptors (Lipinski definition) is 3. The summed E-state index contributed by atoms with van der Waals surface area (Å²) in [6, 6.07) is 5.82. The molecule has 1 aromatic heterocycles. The third-order valence-electron chi connectivity index (χ3n) is 2.57. The van der Waals surface area contributed by atoms with E-state index in [2.05, 4.69) is 4.98 Å². The molecule has 0 unspecified atom stereocenters. The Morgan fingerprint density at radius 1 is 1.29 bits per heavy atom. The number of aromatic carboxylic acids is 1. The van der Waals surface area contributed by atoms with Crippen LogP contribution in [0.1, 0.15) is 27.5 Å². The highest BCUT2D eigenvalue weighted by Crippen LogP contribution is 2.28. The van der Waals surface area contributed by atoms with Gasteiger partial charge in [0.2, 0.25) is 0 Å². The fraction of sp³-hybridized carbons (Fsp3) is 0.231. The lowest BCUT2D eigenvalue weighted by Gasteiger charge is -2.04. The molecule has 1 N–H and O–H groups in total. The number of rotatable bonds is 2. The first-order valence-corrected chi connectivity index (χ1v) is 5.27. The van der Waals surface area contributed by atoms with Gasteiger partial charge in [0, 0.05) is 12.5 Å². The average molecular weight is 231 g/mol. The molecular formula is C13H13NO3. The maximum absolute atomic E-state index is 11.1. The van der Waals surface area contributed by atoms with Crippen LogP contribution in [0.4, 0.5) is 0 Å². The van der Waals surface area contributed by atoms with Crippen LogP contribution in [0.3, 0.4) is 0 Å². The minimum Gasteiger partial charge on any atom is -0.476 e. The molecule has 0 radical (unpaired) electrons. The zero-order valence-corrected chi connectivity index (χ0v) is 9.94. The molecule has 0 saturated carbocycles. The highest BCUT2D eigenvalue weighted by atomic mass is 16.4. The average Bonchev–Trinajstić information content (AvgIpc) is 2.64. The summed E-state index contributed by atoms with van der Waals surface area (Å²) < 4.78 is 5.41. The molecule has 0 aliphatic heterocycles. The van der Waals surface area contributed by atoms with Crippen LogP contribution in [0.5, 0.6) is 0 Å². The molecule has 1 heterocycles. The summed E-state index contributed by atoms with van der Waals surface area (Å²) >= 11 is 0. The van der Waals surface area contributed by atoms with E-state index in [0.717, 1.165) is 16.7 Å². The van der Waals surface area contributed by atoms with Crippen molar-refractivity contribution in [3.8, 4) is 11.3 Å². The van der Waals surface area contributed by atoms with Crippen LogP contribution in [0.25, 0.3) is 11.3 Å². The monoisotopic (exact) mass is 231 g/mol. The fourth-order valence-corrected chi connectivity index (χ4v) is 1.74. The van der Waals surface area contributed by atoms with Crippen molar-refractivity contribution in [2.75, 3.05) is 0 Å². The first-order chi connectivity index (χ1) is 7.99. The first kappa shape index (κ1) is 11.4. The van der Waals surface area contributed by atoms with E-state index in [0.29, 0.717) is 11.7 Å². The van der Waals surface area contributed by atoms with Crippen LogP contribution in [-0.4, -0.2) is 16.1 Å². The van der Waals surface area contributed by atoms with Crippen molar-refractivity contribution in [2.45, 2.75) is 20.8 Å².